The van der Waals surface area contributed by atoms with Crippen LogP contribution < -0.4 is 5.73 Å². The van der Waals surface area contributed by atoms with Crippen LogP contribution >= 0.6 is 12.2 Å². The van der Waals surface area contributed by atoms with Crippen LogP contribution in [-0.4, -0.2) is 28.4 Å². The molecule has 0 radical (unpaired) electrons. The topological polar surface area (TPSA) is 46.3 Å². The molecule has 1 saturated heterocycles. The molecule has 18 heavy (non-hydrogen) atoms. The van der Waals surface area contributed by atoms with E-state index in [2.05, 4.69) is 13.8 Å². The summed E-state index contributed by atoms with van der Waals surface area (Å²) in [5.41, 5.74) is 5.38. The highest BCUT2D eigenvalue weighted by atomic mass is 32.1. The molecule has 0 spiro atoms. The molecule has 4 heteroatoms. The second kappa shape index (κ2) is 5.16. The van der Waals surface area contributed by atoms with Gasteiger partial charge in [0.1, 0.15) is 0 Å². The van der Waals surface area contributed by atoms with Gasteiger partial charge in [-0.15, -0.1) is 0 Å². The van der Waals surface area contributed by atoms with E-state index < -0.39 is 5.41 Å². The summed E-state index contributed by atoms with van der Waals surface area (Å²) in [5.74, 6) is 0.777. The third-order valence-corrected chi connectivity index (χ3v) is 5.36. The molecule has 0 aromatic heterocycles. The number of carbonyl (C=O) groups excluding carboxylic acids is 1. The van der Waals surface area contributed by atoms with Crippen LogP contribution in [0.15, 0.2) is 0 Å². The van der Waals surface area contributed by atoms with Crippen molar-refractivity contribution in [2.24, 2.45) is 17.1 Å². The third-order valence-electron chi connectivity index (χ3n) is 4.97. The van der Waals surface area contributed by atoms with Gasteiger partial charge in [0.05, 0.1) is 10.4 Å². The molecule has 1 saturated carbocycles. The normalized spacial score (nSPS) is 31.3. The Kier molecular flexibility index (Phi) is 3.95. The fourth-order valence-corrected chi connectivity index (χ4v) is 3.73. The highest BCUT2D eigenvalue weighted by molar-refractivity contribution is 7.80. The molecular formula is C14H24N2OS. The second-order valence-electron chi connectivity index (χ2n) is 6.01. The van der Waals surface area contributed by atoms with Crippen molar-refractivity contribution in [1.29, 1.82) is 0 Å². The minimum absolute atomic E-state index is 0.201. The van der Waals surface area contributed by atoms with Gasteiger partial charge in [0, 0.05) is 12.6 Å². The number of nitrogens with two attached hydrogens (primary N) is 1. The molecule has 102 valence electrons. The van der Waals surface area contributed by atoms with Gasteiger partial charge < -0.3 is 10.6 Å². The van der Waals surface area contributed by atoms with Crippen LogP contribution in [0.1, 0.15) is 52.4 Å². The van der Waals surface area contributed by atoms with Crippen molar-refractivity contribution in [3.8, 4) is 0 Å². The van der Waals surface area contributed by atoms with Crippen LogP contribution in [0.2, 0.25) is 0 Å². The summed E-state index contributed by atoms with van der Waals surface area (Å²) in [5, 5.41) is 0. The lowest BCUT2D eigenvalue weighted by Crippen LogP contribution is -2.55. The highest BCUT2D eigenvalue weighted by Gasteiger charge is 2.47. The minimum Gasteiger partial charge on any atom is -0.392 e. The number of rotatable bonds is 2. The molecule has 2 fully saturated rings. The molecule has 1 heterocycles. The SMILES string of the molecule is CC1CCCN(C(=O)C2(C(N)=S)CCCC2)C1C. The monoisotopic (exact) mass is 268 g/mol. The molecule has 3 nitrogen and oxygen atoms in total. The Morgan fingerprint density at radius 2 is 1.89 bits per heavy atom. The number of likely N-dealkylation sites (tertiary alicyclic amines) is 1. The van der Waals surface area contributed by atoms with Crippen molar-refractivity contribution < 1.29 is 4.79 Å². The molecule has 2 aliphatic rings. The number of thiocarbonyl (C=S) groups is 1. The maximum Gasteiger partial charge on any atom is 0.235 e. The second-order valence-corrected chi connectivity index (χ2v) is 6.45. The Labute approximate surface area is 115 Å². The van der Waals surface area contributed by atoms with E-state index in [1.807, 2.05) is 4.90 Å². The summed E-state index contributed by atoms with van der Waals surface area (Å²) in [6.07, 6.45) is 6.15. The molecule has 0 aromatic carbocycles. The minimum atomic E-state index is -0.527. The van der Waals surface area contributed by atoms with Gasteiger partial charge in [0.15, 0.2) is 0 Å². The Balaban J connectivity index is 2.21. The van der Waals surface area contributed by atoms with Crippen molar-refractivity contribution in [3.05, 3.63) is 0 Å². The summed E-state index contributed by atoms with van der Waals surface area (Å²) in [7, 11) is 0. The molecule has 2 rings (SSSR count). The fraction of sp³-hybridized carbons (Fsp3) is 0.857. The number of hydrogen-bond acceptors (Lipinski definition) is 2. The van der Waals surface area contributed by atoms with Gasteiger partial charge in [-0.1, -0.05) is 32.0 Å². The first kappa shape index (κ1) is 13.8. The zero-order valence-electron chi connectivity index (χ0n) is 11.4. The van der Waals surface area contributed by atoms with Gasteiger partial charge in [-0.05, 0) is 38.5 Å². The molecule has 2 atom stereocenters. The van der Waals surface area contributed by atoms with Gasteiger partial charge in [0.2, 0.25) is 5.91 Å². The van der Waals surface area contributed by atoms with E-state index >= 15 is 0 Å². The molecule has 2 unspecified atom stereocenters. The van der Waals surface area contributed by atoms with E-state index in [9.17, 15) is 4.79 Å². The maximum absolute atomic E-state index is 12.9. The first-order valence-electron chi connectivity index (χ1n) is 7.10. The van der Waals surface area contributed by atoms with Crippen molar-refractivity contribution in [2.75, 3.05) is 6.54 Å². The van der Waals surface area contributed by atoms with Crippen LogP contribution in [0.4, 0.5) is 0 Å². The van der Waals surface area contributed by atoms with E-state index in [0.29, 0.717) is 16.9 Å². The molecule has 0 bridgehead atoms. The predicted octanol–water partition coefficient (Wildman–Crippen LogP) is 2.48. The summed E-state index contributed by atoms with van der Waals surface area (Å²) in [6.45, 7) is 5.25. The predicted molar refractivity (Wildman–Crippen MR) is 77.3 cm³/mol. The Morgan fingerprint density at radius 1 is 1.28 bits per heavy atom. The average Bonchev–Trinajstić information content (AvgIpc) is 2.82. The Bertz CT molecular complexity index is 350. The molecule has 1 aliphatic heterocycles. The van der Waals surface area contributed by atoms with E-state index in [1.54, 1.807) is 0 Å². The largest absolute Gasteiger partial charge is 0.392 e. The lowest BCUT2D eigenvalue weighted by Gasteiger charge is -2.42. The fourth-order valence-electron chi connectivity index (χ4n) is 3.44. The average molecular weight is 268 g/mol. The van der Waals surface area contributed by atoms with E-state index in [1.165, 1.54) is 6.42 Å². The van der Waals surface area contributed by atoms with Crippen LogP contribution in [0.5, 0.6) is 0 Å². The number of hydrogen-bond donors (Lipinski definition) is 1. The van der Waals surface area contributed by atoms with Crippen LogP contribution in [0.3, 0.4) is 0 Å². The Hall–Kier alpha value is -0.640. The maximum atomic E-state index is 12.9. The van der Waals surface area contributed by atoms with E-state index in [4.69, 9.17) is 18.0 Å². The van der Waals surface area contributed by atoms with Gasteiger partial charge in [-0.3, -0.25) is 4.79 Å². The molecular weight excluding hydrogens is 244 g/mol. The first-order valence-corrected chi connectivity index (χ1v) is 7.51. The van der Waals surface area contributed by atoms with Gasteiger partial charge in [-0.25, -0.2) is 0 Å². The van der Waals surface area contributed by atoms with Crippen LogP contribution in [0.25, 0.3) is 0 Å². The summed E-state index contributed by atoms with van der Waals surface area (Å²) < 4.78 is 0. The number of carbonyl (C=O) groups is 1. The van der Waals surface area contributed by atoms with E-state index in [0.717, 1.165) is 38.6 Å². The third kappa shape index (κ3) is 2.15. The lowest BCUT2D eigenvalue weighted by molar-refractivity contribution is -0.142. The number of amides is 1. The number of piperidine rings is 1. The van der Waals surface area contributed by atoms with Crippen molar-refractivity contribution in [3.63, 3.8) is 0 Å². The molecule has 2 N–H and O–H groups in total. The standard InChI is InChI=1S/C14H24N2OS/c1-10-6-5-9-16(11(10)2)13(17)14(12(15)18)7-3-4-8-14/h10-11H,3-9H2,1-2H3,(H2,15,18). The summed E-state index contributed by atoms with van der Waals surface area (Å²) in [6, 6.07) is 0.318. The van der Waals surface area contributed by atoms with Crippen molar-refractivity contribution in [1.82, 2.24) is 4.90 Å². The van der Waals surface area contributed by atoms with Crippen molar-refractivity contribution in [2.45, 2.75) is 58.4 Å². The molecule has 0 aromatic rings. The lowest BCUT2D eigenvalue weighted by atomic mass is 9.82. The van der Waals surface area contributed by atoms with Gasteiger partial charge in [0.25, 0.3) is 0 Å². The zero-order chi connectivity index (χ0) is 13.3. The van der Waals surface area contributed by atoms with Gasteiger partial charge in [-0.2, -0.15) is 0 Å². The smallest absolute Gasteiger partial charge is 0.235 e. The summed E-state index contributed by atoms with van der Waals surface area (Å²) in [4.78, 5) is 15.3. The quantitative estimate of drug-likeness (QED) is 0.783. The first-order chi connectivity index (χ1) is 8.49. The molecule has 1 aliphatic carbocycles. The zero-order valence-corrected chi connectivity index (χ0v) is 12.3. The molecule has 1 amide bonds. The number of nitrogens with zero attached hydrogens (tertiary/aromatic N) is 1. The highest BCUT2D eigenvalue weighted by Crippen LogP contribution is 2.41. The van der Waals surface area contributed by atoms with E-state index in [-0.39, 0.29) is 5.91 Å². The van der Waals surface area contributed by atoms with Gasteiger partial charge >= 0.3 is 0 Å². The Morgan fingerprint density at radius 3 is 2.44 bits per heavy atom. The summed E-state index contributed by atoms with van der Waals surface area (Å²) >= 11 is 5.21. The van der Waals surface area contributed by atoms with Crippen LogP contribution in [-0.2, 0) is 4.79 Å². The van der Waals surface area contributed by atoms with Crippen LogP contribution in [0, 0.1) is 11.3 Å². The van der Waals surface area contributed by atoms with Crippen molar-refractivity contribution >= 4 is 23.1 Å².